The lowest BCUT2D eigenvalue weighted by molar-refractivity contribution is -0.0711. The van der Waals surface area contributed by atoms with Crippen LogP contribution in [-0.2, 0) is 9.47 Å². The lowest BCUT2D eigenvalue weighted by Gasteiger charge is -2.31. The van der Waals surface area contributed by atoms with E-state index in [9.17, 15) is 9.59 Å². The molecule has 2 fully saturated rings. The van der Waals surface area contributed by atoms with Crippen molar-refractivity contribution in [2.45, 2.75) is 63.2 Å². The fourth-order valence-electron chi connectivity index (χ4n) is 4.27. The van der Waals surface area contributed by atoms with Gasteiger partial charge in [0.15, 0.2) is 0 Å². The van der Waals surface area contributed by atoms with Gasteiger partial charge in [-0.3, -0.25) is 14.7 Å². The topological polar surface area (TPSA) is 105 Å². The largest absolute Gasteiger partial charge is 0.376 e. The van der Waals surface area contributed by atoms with E-state index < -0.39 is 5.91 Å². The van der Waals surface area contributed by atoms with Gasteiger partial charge in [0.2, 0.25) is 0 Å². The van der Waals surface area contributed by atoms with Crippen molar-refractivity contribution < 1.29 is 19.1 Å². The van der Waals surface area contributed by atoms with Gasteiger partial charge in [-0.1, -0.05) is 29.3 Å². The summed E-state index contributed by atoms with van der Waals surface area (Å²) in [5, 5.41) is 12.7. The van der Waals surface area contributed by atoms with Crippen LogP contribution < -0.4 is 10.6 Å². The molecule has 1 aromatic carbocycles. The normalized spacial score (nSPS) is 23.2. The molecule has 1 saturated carbocycles. The summed E-state index contributed by atoms with van der Waals surface area (Å²) in [7, 11) is 0. The second-order valence-corrected chi connectivity index (χ2v) is 9.29. The fourth-order valence-corrected chi connectivity index (χ4v) is 4.84. The highest BCUT2D eigenvalue weighted by atomic mass is 35.5. The van der Waals surface area contributed by atoms with E-state index in [0.717, 1.165) is 45.1 Å². The Hall–Kier alpha value is -2.13. The van der Waals surface area contributed by atoms with Crippen LogP contribution in [0.15, 0.2) is 24.4 Å². The number of hydrogen-bond acceptors (Lipinski definition) is 5. The number of anilines is 1. The Bertz CT molecular complexity index is 949. The molecular formula is C23H28Cl2N4O4. The Labute approximate surface area is 202 Å². The first-order valence-corrected chi connectivity index (χ1v) is 12.1. The van der Waals surface area contributed by atoms with E-state index in [2.05, 4.69) is 20.8 Å². The third-order valence-corrected chi connectivity index (χ3v) is 6.74. The second kappa shape index (κ2) is 11.3. The molecule has 3 N–H and O–H groups in total. The number of benzene rings is 1. The van der Waals surface area contributed by atoms with Crippen LogP contribution in [0.3, 0.4) is 0 Å². The molecule has 178 valence electrons. The molecule has 0 bridgehead atoms. The molecule has 2 aromatic rings. The quantitative estimate of drug-likeness (QED) is 0.521. The van der Waals surface area contributed by atoms with Crippen molar-refractivity contribution in [3.63, 3.8) is 0 Å². The Morgan fingerprint density at radius 1 is 1.09 bits per heavy atom. The molecule has 1 saturated heterocycles. The number of halogens is 2. The van der Waals surface area contributed by atoms with Gasteiger partial charge in [-0.25, -0.2) is 0 Å². The number of rotatable bonds is 7. The summed E-state index contributed by atoms with van der Waals surface area (Å²) in [4.78, 5) is 25.5. The molecule has 4 rings (SSSR count). The summed E-state index contributed by atoms with van der Waals surface area (Å²) in [6, 6.07) is 4.84. The smallest absolute Gasteiger partial charge is 0.271 e. The van der Waals surface area contributed by atoms with Gasteiger partial charge in [0.1, 0.15) is 5.69 Å². The number of nitrogens with zero attached hydrogens (tertiary/aromatic N) is 1. The lowest BCUT2D eigenvalue weighted by atomic mass is 9.92. The van der Waals surface area contributed by atoms with E-state index in [1.165, 1.54) is 12.6 Å². The van der Waals surface area contributed by atoms with Crippen LogP contribution in [0.5, 0.6) is 0 Å². The van der Waals surface area contributed by atoms with Crippen LogP contribution in [0.2, 0.25) is 10.0 Å². The number of aromatic amines is 1. The molecule has 2 amide bonds. The molecule has 1 aliphatic carbocycles. The average molecular weight is 495 g/mol. The maximum atomic E-state index is 12.8. The number of ether oxygens (including phenoxy) is 2. The molecular weight excluding hydrogens is 467 g/mol. The second-order valence-electron chi connectivity index (χ2n) is 8.48. The van der Waals surface area contributed by atoms with Crippen LogP contribution in [0.1, 0.15) is 65.8 Å². The highest BCUT2D eigenvalue weighted by molar-refractivity contribution is 6.40. The van der Waals surface area contributed by atoms with Crippen molar-refractivity contribution in [2.75, 3.05) is 18.5 Å². The molecule has 2 aliphatic rings. The number of aromatic nitrogens is 2. The predicted molar refractivity (Wildman–Crippen MR) is 126 cm³/mol. The van der Waals surface area contributed by atoms with E-state index in [-0.39, 0.29) is 51.1 Å². The van der Waals surface area contributed by atoms with E-state index in [0.29, 0.717) is 6.61 Å². The first-order chi connectivity index (χ1) is 16.0. The first-order valence-electron chi connectivity index (χ1n) is 11.3. The van der Waals surface area contributed by atoms with Crippen LogP contribution in [-0.4, -0.2) is 53.5 Å². The SMILES string of the molecule is O=C(NC1CCC(OCC2CCCCO2)CC1)c1[nH]ncc1NC(=O)c1c(Cl)cccc1Cl. The molecule has 1 unspecified atom stereocenters. The molecule has 33 heavy (non-hydrogen) atoms. The number of nitrogens with one attached hydrogen (secondary N) is 3. The third-order valence-electron chi connectivity index (χ3n) is 6.11. The molecule has 2 heterocycles. The molecule has 0 spiro atoms. The predicted octanol–water partition coefficient (Wildman–Crippen LogP) is 4.60. The third kappa shape index (κ3) is 6.26. The van der Waals surface area contributed by atoms with Gasteiger partial charge in [-0.2, -0.15) is 5.10 Å². The van der Waals surface area contributed by atoms with Gasteiger partial charge in [0, 0.05) is 12.6 Å². The van der Waals surface area contributed by atoms with Gasteiger partial charge in [0.05, 0.1) is 46.3 Å². The summed E-state index contributed by atoms with van der Waals surface area (Å²) in [5.74, 6) is -0.839. The number of hydrogen-bond donors (Lipinski definition) is 3. The molecule has 10 heteroatoms. The molecule has 0 radical (unpaired) electrons. The molecule has 1 aliphatic heterocycles. The highest BCUT2D eigenvalue weighted by Crippen LogP contribution is 2.26. The van der Waals surface area contributed by atoms with E-state index >= 15 is 0 Å². The van der Waals surface area contributed by atoms with Gasteiger partial charge in [0.25, 0.3) is 11.8 Å². The number of carbonyl (C=O) groups excluding carboxylic acids is 2. The fraction of sp³-hybridized carbons (Fsp3) is 0.522. The Kier molecular flexibility index (Phi) is 8.25. The standard InChI is InChI=1S/C23H28Cl2N4O4/c24-17-5-3-6-18(25)20(17)22(30)28-19-12-26-29-21(19)23(31)27-14-7-9-15(10-8-14)33-13-16-4-1-2-11-32-16/h3,5-6,12,14-16H,1-2,4,7-11,13H2,(H,26,29)(H,27,31)(H,28,30). The van der Waals surface area contributed by atoms with E-state index in [1.807, 2.05) is 0 Å². The molecule has 1 aromatic heterocycles. The van der Waals surface area contributed by atoms with Crippen molar-refractivity contribution in [3.8, 4) is 0 Å². The Balaban J connectivity index is 1.27. The van der Waals surface area contributed by atoms with E-state index in [4.69, 9.17) is 32.7 Å². The summed E-state index contributed by atoms with van der Waals surface area (Å²) in [5.41, 5.74) is 0.586. The van der Waals surface area contributed by atoms with Gasteiger partial charge in [-0.15, -0.1) is 0 Å². The van der Waals surface area contributed by atoms with Crippen LogP contribution in [0.25, 0.3) is 0 Å². The molecule has 1 atom stereocenters. The summed E-state index contributed by atoms with van der Waals surface area (Å²) >= 11 is 12.2. The van der Waals surface area contributed by atoms with Crippen molar-refractivity contribution in [2.24, 2.45) is 0 Å². The minimum absolute atomic E-state index is 0.0353. The number of H-pyrrole nitrogens is 1. The van der Waals surface area contributed by atoms with Crippen LogP contribution >= 0.6 is 23.2 Å². The van der Waals surface area contributed by atoms with Crippen LogP contribution in [0, 0.1) is 0 Å². The average Bonchev–Trinajstić information content (AvgIpc) is 3.27. The minimum atomic E-state index is -0.513. The van der Waals surface area contributed by atoms with Gasteiger partial charge < -0.3 is 20.1 Å². The van der Waals surface area contributed by atoms with Crippen molar-refractivity contribution >= 4 is 40.7 Å². The van der Waals surface area contributed by atoms with Crippen molar-refractivity contribution in [1.29, 1.82) is 0 Å². The summed E-state index contributed by atoms with van der Waals surface area (Å²) < 4.78 is 11.8. The van der Waals surface area contributed by atoms with E-state index in [1.54, 1.807) is 18.2 Å². The van der Waals surface area contributed by atoms with Crippen molar-refractivity contribution in [1.82, 2.24) is 15.5 Å². The zero-order chi connectivity index (χ0) is 23.2. The lowest BCUT2D eigenvalue weighted by Crippen LogP contribution is -2.40. The molecule has 8 nitrogen and oxygen atoms in total. The van der Waals surface area contributed by atoms with Crippen molar-refractivity contribution in [3.05, 3.63) is 45.7 Å². The maximum Gasteiger partial charge on any atom is 0.271 e. The number of carbonyl (C=O) groups is 2. The monoisotopic (exact) mass is 494 g/mol. The first kappa shape index (κ1) is 24.0. The van der Waals surface area contributed by atoms with Crippen LogP contribution in [0.4, 0.5) is 5.69 Å². The zero-order valence-corrected chi connectivity index (χ0v) is 19.8. The maximum absolute atomic E-state index is 12.8. The summed E-state index contributed by atoms with van der Waals surface area (Å²) in [6.07, 6.45) is 8.62. The highest BCUT2D eigenvalue weighted by Gasteiger charge is 2.26. The Morgan fingerprint density at radius 3 is 2.55 bits per heavy atom. The number of amides is 2. The zero-order valence-electron chi connectivity index (χ0n) is 18.2. The minimum Gasteiger partial charge on any atom is -0.376 e. The Morgan fingerprint density at radius 2 is 1.85 bits per heavy atom. The van der Waals surface area contributed by atoms with Gasteiger partial charge >= 0.3 is 0 Å². The summed E-state index contributed by atoms with van der Waals surface area (Å²) in [6.45, 7) is 1.47. The van der Waals surface area contributed by atoms with Gasteiger partial charge in [-0.05, 0) is 57.1 Å².